The minimum atomic E-state index is -0.570. The Bertz CT molecular complexity index is 822. The van der Waals surface area contributed by atoms with E-state index < -0.39 is 11.6 Å². The summed E-state index contributed by atoms with van der Waals surface area (Å²) in [5.74, 6) is 9.46. The Kier molecular flexibility index (Phi) is 5.73. The van der Waals surface area contributed by atoms with Crippen molar-refractivity contribution in [2.75, 3.05) is 0 Å². The average molecular weight is 306 g/mol. The van der Waals surface area contributed by atoms with E-state index in [1.54, 1.807) is 6.92 Å². The van der Waals surface area contributed by atoms with Crippen LogP contribution in [0.1, 0.15) is 35.6 Å². The Morgan fingerprint density at radius 3 is 2.13 bits per heavy atom. The number of benzene rings is 2. The molecule has 0 unspecified atom stereocenters. The van der Waals surface area contributed by atoms with Crippen molar-refractivity contribution in [2.45, 2.75) is 19.8 Å². The van der Waals surface area contributed by atoms with Crippen molar-refractivity contribution in [3.05, 3.63) is 82.9 Å². The topological polar surface area (TPSA) is 0 Å². The first-order valence-corrected chi connectivity index (χ1v) is 7.27. The monoisotopic (exact) mass is 306 g/mol. The molecule has 114 valence electrons. The van der Waals surface area contributed by atoms with Crippen molar-refractivity contribution in [1.82, 2.24) is 0 Å². The van der Waals surface area contributed by atoms with Crippen LogP contribution in [0.15, 0.2) is 49.1 Å². The van der Waals surface area contributed by atoms with Gasteiger partial charge < -0.3 is 0 Å². The van der Waals surface area contributed by atoms with Gasteiger partial charge in [0.25, 0.3) is 0 Å². The number of allylic oxidation sites excluding steroid dienone is 1. The molecule has 0 amide bonds. The zero-order chi connectivity index (χ0) is 16.7. The Morgan fingerprint density at radius 2 is 1.57 bits per heavy atom. The fourth-order valence-corrected chi connectivity index (χ4v) is 2.04. The average Bonchev–Trinajstić information content (AvgIpc) is 2.56. The quantitative estimate of drug-likeness (QED) is 0.561. The molecule has 0 aliphatic rings. The number of rotatable bonds is 3. The predicted octanol–water partition coefficient (Wildman–Crippen LogP) is 4.85. The van der Waals surface area contributed by atoms with Crippen LogP contribution in [0.2, 0.25) is 0 Å². The summed E-state index contributed by atoms with van der Waals surface area (Å²) in [6.45, 7) is 5.27. The second-order valence-electron chi connectivity index (χ2n) is 4.96. The van der Waals surface area contributed by atoms with E-state index in [1.165, 1.54) is 5.56 Å². The van der Waals surface area contributed by atoms with Crippen LogP contribution in [0.3, 0.4) is 0 Å². The van der Waals surface area contributed by atoms with Gasteiger partial charge in [-0.2, -0.15) is 0 Å². The first kappa shape index (κ1) is 16.5. The highest BCUT2D eigenvalue weighted by Gasteiger charge is 2.06. The summed E-state index contributed by atoms with van der Waals surface area (Å²) in [4.78, 5) is 0. The number of hydrogen-bond acceptors (Lipinski definition) is 0. The van der Waals surface area contributed by atoms with Gasteiger partial charge in [0.05, 0.1) is 11.1 Å². The molecule has 0 nitrogen and oxygen atoms in total. The van der Waals surface area contributed by atoms with E-state index >= 15 is 0 Å². The highest BCUT2D eigenvalue weighted by molar-refractivity contribution is 5.47. The summed E-state index contributed by atoms with van der Waals surface area (Å²) in [6, 6.07) is 9.86. The van der Waals surface area contributed by atoms with E-state index in [9.17, 15) is 8.78 Å². The summed E-state index contributed by atoms with van der Waals surface area (Å²) in [5, 5.41) is 0. The van der Waals surface area contributed by atoms with Crippen LogP contribution in [-0.2, 0) is 6.42 Å². The van der Waals surface area contributed by atoms with E-state index in [0.717, 1.165) is 30.5 Å². The van der Waals surface area contributed by atoms with Gasteiger partial charge in [0.15, 0.2) is 0 Å². The highest BCUT2D eigenvalue weighted by Crippen LogP contribution is 2.14. The lowest BCUT2D eigenvalue weighted by molar-refractivity contribution is 0.594. The molecule has 0 saturated heterocycles. The van der Waals surface area contributed by atoms with Crippen molar-refractivity contribution in [3.8, 4) is 23.7 Å². The minimum Gasteiger partial charge on any atom is -0.206 e. The molecule has 0 heterocycles. The molecule has 2 heteroatoms. The van der Waals surface area contributed by atoms with Crippen LogP contribution in [-0.4, -0.2) is 0 Å². The first-order chi connectivity index (χ1) is 11.1. The van der Waals surface area contributed by atoms with Crippen LogP contribution >= 0.6 is 0 Å². The van der Waals surface area contributed by atoms with E-state index in [1.807, 2.05) is 30.3 Å². The van der Waals surface area contributed by atoms with E-state index in [0.29, 0.717) is 0 Å². The van der Waals surface area contributed by atoms with Gasteiger partial charge in [0.1, 0.15) is 11.6 Å². The molecule has 0 fully saturated rings. The van der Waals surface area contributed by atoms with E-state index in [-0.39, 0.29) is 11.1 Å². The normalized spacial score (nSPS) is 9.35. The maximum atomic E-state index is 13.9. The van der Waals surface area contributed by atoms with Gasteiger partial charge in [0.2, 0.25) is 0 Å². The van der Waals surface area contributed by atoms with Crippen LogP contribution < -0.4 is 0 Å². The first-order valence-electron chi connectivity index (χ1n) is 7.27. The van der Waals surface area contributed by atoms with Gasteiger partial charge >= 0.3 is 0 Å². The van der Waals surface area contributed by atoms with Crippen LogP contribution in [0.5, 0.6) is 0 Å². The molecule has 0 aliphatic carbocycles. The Balaban J connectivity index is 2.22. The van der Waals surface area contributed by atoms with E-state index in [4.69, 9.17) is 0 Å². The molecular weight excluding hydrogens is 290 g/mol. The molecular formula is C21H16F2. The summed E-state index contributed by atoms with van der Waals surface area (Å²) >= 11 is 0. The second kappa shape index (κ2) is 7.97. The molecule has 0 bridgehead atoms. The standard InChI is InChI=1S/C21H16F2/c1-3-5-7-16-8-10-17(11-9-16)12-13-19-15-20(22)18(6-4-2)14-21(19)23/h3,8-11,14-15H,1,5,7H2,2H3. The van der Waals surface area contributed by atoms with Crippen molar-refractivity contribution >= 4 is 0 Å². The lowest BCUT2D eigenvalue weighted by Crippen LogP contribution is -1.91. The smallest absolute Gasteiger partial charge is 0.140 e. The van der Waals surface area contributed by atoms with Gasteiger partial charge in [-0.1, -0.05) is 36.0 Å². The molecule has 0 radical (unpaired) electrons. The third-order valence-electron chi connectivity index (χ3n) is 3.25. The fraction of sp³-hybridized carbons (Fsp3) is 0.143. The summed E-state index contributed by atoms with van der Waals surface area (Å²) in [7, 11) is 0. The zero-order valence-corrected chi connectivity index (χ0v) is 12.9. The largest absolute Gasteiger partial charge is 0.206 e. The predicted molar refractivity (Wildman–Crippen MR) is 89.9 cm³/mol. The van der Waals surface area contributed by atoms with Crippen molar-refractivity contribution in [1.29, 1.82) is 0 Å². The van der Waals surface area contributed by atoms with Crippen LogP contribution in [0.25, 0.3) is 0 Å². The molecule has 2 aromatic carbocycles. The lowest BCUT2D eigenvalue weighted by atomic mass is 10.1. The Labute approximate surface area is 135 Å². The SMILES string of the molecule is C=CCCc1ccc(C#Cc2cc(F)c(C#CC)cc2F)cc1. The molecule has 2 rings (SSSR count). The third-order valence-corrected chi connectivity index (χ3v) is 3.25. The van der Waals surface area contributed by atoms with Gasteiger partial charge in [-0.3, -0.25) is 0 Å². The maximum Gasteiger partial charge on any atom is 0.140 e. The number of hydrogen-bond donors (Lipinski definition) is 0. The van der Waals surface area contributed by atoms with Crippen LogP contribution in [0, 0.1) is 35.3 Å². The molecule has 0 aromatic heterocycles. The van der Waals surface area contributed by atoms with Crippen molar-refractivity contribution < 1.29 is 8.78 Å². The molecule has 23 heavy (non-hydrogen) atoms. The van der Waals surface area contributed by atoms with Gasteiger partial charge in [-0.15, -0.1) is 12.5 Å². The molecule has 0 N–H and O–H groups in total. The van der Waals surface area contributed by atoms with E-state index in [2.05, 4.69) is 30.3 Å². The zero-order valence-electron chi connectivity index (χ0n) is 12.9. The lowest BCUT2D eigenvalue weighted by Gasteiger charge is -1.99. The Hall–Kier alpha value is -2.84. The van der Waals surface area contributed by atoms with Crippen molar-refractivity contribution in [3.63, 3.8) is 0 Å². The van der Waals surface area contributed by atoms with Crippen molar-refractivity contribution in [2.24, 2.45) is 0 Å². The van der Waals surface area contributed by atoms with Gasteiger partial charge in [0, 0.05) is 5.56 Å². The molecule has 0 spiro atoms. The fourth-order valence-electron chi connectivity index (χ4n) is 2.04. The third kappa shape index (κ3) is 4.56. The summed E-state index contributed by atoms with van der Waals surface area (Å²) < 4.78 is 27.7. The maximum absolute atomic E-state index is 13.9. The second-order valence-corrected chi connectivity index (χ2v) is 4.96. The molecule has 0 aliphatic heterocycles. The van der Waals surface area contributed by atoms with Gasteiger partial charge in [-0.25, -0.2) is 8.78 Å². The summed E-state index contributed by atoms with van der Waals surface area (Å²) in [5.41, 5.74) is 2.02. The number of aryl methyl sites for hydroxylation is 1. The molecule has 0 atom stereocenters. The molecule has 2 aromatic rings. The Morgan fingerprint density at radius 1 is 0.957 bits per heavy atom. The van der Waals surface area contributed by atoms with Gasteiger partial charge in [-0.05, 0) is 49.6 Å². The molecule has 0 saturated carbocycles. The van der Waals surface area contributed by atoms with Crippen LogP contribution in [0.4, 0.5) is 8.78 Å². The minimum absolute atomic E-state index is 0.0277. The highest BCUT2D eigenvalue weighted by atomic mass is 19.1. The summed E-state index contributed by atoms with van der Waals surface area (Å²) in [6.07, 6.45) is 3.72. The number of halogens is 2.